The number of rotatable bonds is 2. The monoisotopic (exact) mass is 786 g/mol. The van der Waals surface area contributed by atoms with Gasteiger partial charge in [-0.05, 0) is 102 Å². The van der Waals surface area contributed by atoms with Crippen molar-refractivity contribution in [1.82, 2.24) is 10.4 Å². The third-order valence-corrected chi connectivity index (χ3v) is 10.9. The van der Waals surface area contributed by atoms with E-state index in [2.05, 4.69) is 50.6 Å². The number of aromatic hydroxyl groups is 1. The standard InChI is InChI=1S/C15H6I4N2O4/c16-9-7-8(10(17)12(19)11(9)18)15(25)21(14(7)24)20-13(23)5-3-1-2-4-6(5)22/h1-4,22H,(H,20,23). The van der Waals surface area contributed by atoms with Gasteiger partial charge >= 0.3 is 0 Å². The first kappa shape index (κ1) is 19.5. The van der Waals surface area contributed by atoms with Gasteiger partial charge in [-0.3, -0.25) is 19.8 Å². The molecule has 1 heterocycles. The van der Waals surface area contributed by atoms with Crippen molar-refractivity contribution in [2.75, 3.05) is 0 Å². The molecule has 0 aromatic heterocycles. The lowest BCUT2D eigenvalue weighted by Gasteiger charge is -2.15. The molecule has 0 bridgehead atoms. The number of hydrazine groups is 1. The molecule has 0 aliphatic carbocycles. The van der Waals surface area contributed by atoms with E-state index in [0.717, 1.165) is 7.14 Å². The van der Waals surface area contributed by atoms with Crippen molar-refractivity contribution in [2.45, 2.75) is 0 Å². The lowest BCUT2D eigenvalue weighted by molar-refractivity contribution is 0.0516. The molecule has 0 unspecified atom stereocenters. The number of hydrogen-bond acceptors (Lipinski definition) is 4. The van der Waals surface area contributed by atoms with Crippen molar-refractivity contribution in [3.8, 4) is 5.75 Å². The van der Waals surface area contributed by atoms with Gasteiger partial charge < -0.3 is 5.11 Å². The predicted molar refractivity (Wildman–Crippen MR) is 123 cm³/mol. The molecule has 25 heavy (non-hydrogen) atoms. The minimum atomic E-state index is -0.734. The van der Waals surface area contributed by atoms with Gasteiger partial charge in [-0.2, -0.15) is 5.01 Å². The number of halogens is 4. The van der Waals surface area contributed by atoms with Gasteiger partial charge in [0.15, 0.2) is 0 Å². The zero-order valence-corrected chi connectivity index (χ0v) is 20.6. The van der Waals surface area contributed by atoms with Crippen LogP contribution >= 0.6 is 90.4 Å². The van der Waals surface area contributed by atoms with Crippen LogP contribution in [0.25, 0.3) is 0 Å². The molecule has 1 aliphatic rings. The summed E-state index contributed by atoms with van der Waals surface area (Å²) in [5.74, 6) is -2.13. The Morgan fingerprint density at radius 3 is 1.84 bits per heavy atom. The molecule has 3 rings (SSSR count). The summed E-state index contributed by atoms with van der Waals surface area (Å²) in [7, 11) is 0. The van der Waals surface area contributed by atoms with Crippen LogP contribution in [0.5, 0.6) is 5.75 Å². The SMILES string of the molecule is O=C(NN1C(=O)c2c(I)c(I)c(I)c(I)c2C1=O)c1ccccc1O. The molecular weight excluding hydrogens is 780 g/mol. The summed E-state index contributed by atoms with van der Waals surface area (Å²) in [4.78, 5) is 37.8. The summed E-state index contributed by atoms with van der Waals surface area (Å²) in [5, 5.41) is 10.5. The van der Waals surface area contributed by atoms with Gasteiger partial charge in [-0.25, -0.2) is 0 Å². The summed E-state index contributed by atoms with van der Waals surface area (Å²) in [6, 6.07) is 5.91. The van der Waals surface area contributed by atoms with E-state index in [1.54, 1.807) is 12.1 Å². The van der Waals surface area contributed by atoms with Crippen LogP contribution in [-0.4, -0.2) is 27.8 Å². The minimum Gasteiger partial charge on any atom is -0.507 e. The van der Waals surface area contributed by atoms with Gasteiger partial charge in [0.25, 0.3) is 17.7 Å². The fourth-order valence-electron chi connectivity index (χ4n) is 2.28. The third kappa shape index (κ3) is 3.26. The van der Waals surface area contributed by atoms with E-state index >= 15 is 0 Å². The van der Waals surface area contributed by atoms with E-state index in [1.165, 1.54) is 12.1 Å². The highest BCUT2D eigenvalue weighted by molar-refractivity contribution is 14.1. The Balaban J connectivity index is 2.01. The number of carbonyl (C=O) groups excluding carboxylic acids is 3. The summed E-state index contributed by atoms with van der Waals surface area (Å²) >= 11 is 8.32. The van der Waals surface area contributed by atoms with Crippen LogP contribution in [0.2, 0.25) is 0 Å². The first-order valence-electron chi connectivity index (χ1n) is 6.59. The summed E-state index contributed by atoms with van der Waals surface area (Å²) in [6.45, 7) is 0. The second kappa shape index (κ2) is 7.41. The molecule has 0 atom stereocenters. The number of carbonyl (C=O) groups is 3. The second-order valence-electron chi connectivity index (χ2n) is 4.91. The van der Waals surface area contributed by atoms with E-state index in [-0.39, 0.29) is 22.4 Å². The largest absolute Gasteiger partial charge is 0.507 e. The van der Waals surface area contributed by atoms with Crippen molar-refractivity contribution in [3.63, 3.8) is 0 Å². The van der Waals surface area contributed by atoms with Gasteiger partial charge in [-0.15, -0.1) is 0 Å². The number of nitrogens with zero attached hydrogens (tertiary/aromatic N) is 1. The Morgan fingerprint density at radius 1 is 0.880 bits per heavy atom. The zero-order chi connectivity index (χ0) is 18.5. The van der Waals surface area contributed by atoms with E-state index in [4.69, 9.17) is 0 Å². The van der Waals surface area contributed by atoms with Crippen LogP contribution in [0.1, 0.15) is 31.1 Å². The summed E-state index contributed by atoms with van der Waals surface area (Å²) in [6.07, 6.45) is 0. The number of fused-ring (bicyclic) bond motifs is 1. The van der Waals surface area contributed by atoms with Crippen LogP contribution in [0, 0.1) is 14.3 Å². The Labute approximate surface area is 196 Å². The molecule has 0 spiro atoms. The fourth-order valence-corrected chi connectivity index (χ4v) is 5.93. The maximum absolute atomic E-state index is 12.7. The highest BCUT2D eigenvalue weighted by Gasteiger charge is 2.42. The van der Waals surface area contributed by atoms with Crippen LogP contribution in [0.4, 0.5) is 0 Å². The lowest BCUT2D eigenvalue weighted by Crippen LogP contribution is -2.46. The van der Waals surface area contributed by atoms with Gasteiger partial charge in [0.05, 0.1) is 16.7 Å². The molecular formula is C15H6I4N2O4. The van der Waals surface area contributed by atoms with Gasteiger partial charge in [-0.1, -0.05) is 12.1 Å². The Kier molecular flexibility index (Phi) is 5.79. The molecule has 3 amide bonds. The fraction of sp³-hybridized carbons (Fsp3) is 0. The first-order chi connectivity index (χ1) is 11.8. The highest BCUT2D eigenvalue weighted by Crippen LogP contribution is 2.37. The van der Waals surface area contributed by atoms with E-state index in [1.807, 2.05) is 45.2 Å². The lowest BCUT2D eigenvalue weighted by atomic mass is 10.1. The molecule has 2 aromatic rings. The third-order valence-electron chi connectivity index (χ3n) is 3.46. The average Bonchev–Trinajstić information content (AvgIpc) is 2.83. The van der Waals surface area contributed by atoms with Crippen molar-refractivity contribution in [3.05, 3.63) is 55.2 Å². The van der Waals surface area contributed by atoms with Crippen LogP contribution in [-0.2, 0) is 0 Å². The maximum atomic E-state index is 12.7. The molecule has 0 saturated carbocycles. The number of amides is 3. The Hall–Kier alpha value is -0.230. The number of phenolic OH excluding ortho intramolecular Hbond substituents is 1. The molecule has 1 aliphatic heterocycles. The summed E-state index contributed by atoms with van der Waals surface area (Å²) < 4.78 is 3.13. The molecule has 0 saturated heterocycles. The van der Waals surface area contributed by atoms with Gasteiger partial charge in [0.1, 0.15) is 5.75 Å². The minimum absolute atomic E-state index is 0.0207. The molecule has 2 N–H and O–H groups in total. The van der Waals surface area contributed by atoms with Gasteiger partial charge in [0.2, 0.25) is 0 Å². The molecule has 128 valence electrons. The second-order valence-corrected chi connectivity index (χ2v) is 9.22. The molecule has 6 nitrogen and oxygen atoms in total. The van der Waals surface area contributed by atoms with E-state index < -0.39 is 17.7 Å². The normalized spacial score (nSPS) is 13.2. The highest BCUT2D eigenvalue weighted by atomic mass is 127. The number of para-hydroxylation sites is 1. The number of phenols is 1. The average molecular weight is 786 g/mol. The molecule has 2 aromatic carbocycles. The van der Waals surface area contributed by atoms with Crippen molar-refractivity contribution < 1.29 is 19.5 Å². The van der Waals surface area contributed by atoms with E-state index in [9.17, 15) is 19.5 Å². The number of benzene rings is 2. The molecule has 0 fully saturated rings. The van der Waals surface area contributed by atoms with E-state index in [0.29, 0.717) is 12.1 Å². The van der Waals surface area contributed by atoms with Crippen molar-refractivity contribution >= 4 is 108 Å². The molecule has 10 heteroatoms. The quantitative estimate of drug-likeness (QED) is 0.211. The zero-order valence-electron chi connectivity index (χ0n) is 11.9. The number of nitrogens with one attached hydrogen (secondary N) is 1. The van der Waals surface area contributed by atoms with Crippen molar-refractivity contribution in [2.24, 2.45) is 0 Å². The smallest absolute Gasteiger partial charge is 0.281 e. The van der Waals surface area contributed by atoms with Crippen LogP contribution in [0.15, 0.2) is 24.3 Å². The van der Waals surface area contributed by atoms with Crippen LogP contribution in [0.3, 0.4) is 0 Å². The van der Waals surface area contributed by atoms with Crippen LogP contribution < -0.4 is 5.43 Å². The summed E-state index contributed by atoms with van der Waals surface area (Å²) in [5.41, 5.74) is 2.86. The Morgan fingerprint density at radius 2 is 1.36 bits per heavy atom. The van der Waals surface area contributed by atoms with Crippen molar-refractivity contribution in [1.29, 1.82) is 0 Å². The predicted octanol–water partition coefficient (Wildman–Crippen LogP) is 3.75. The first-order valence-corrected chi connectivity index (χ1v) is 10.9. The maximum Gasteiger partial charge on any atom is 0.281 e. The number of imide groups is 1. The topological polar surface area (TPSA) is 86.7 Å². The molecule has 0 radical (unpaired) electrons. The van der Waals surface area contributed by atoms with Gasteiger partial charge in [0, 0.05) is 14.3 Å². The number of hydrogen-bond donors (Lipinski definition) is 2. The Bertz CT molecular complexity index is 914.